The van der Waals surface area contributed by atoms with Gasteiger partial charge in [0, 0.05) is 24.4 Å². The van der Waals surface area contributed by atoms with E-state index < -0.39 is 0 Å². The zero-order valence-electron chi connectivity index (χ0n) is 14.1. The first-order valence-corrected chi connectivity index (χ1v) is 9.62. The van der Waals surface area contributed by atoms with Gasteiger partial charge in [-0.05, 0) is 42.6 Å². The van der Waals surface area contributed by atoms with Gasteiger partial charge in [-0.15, -0.1) is 11.3 Å². The number of thiazole rings is 1. The van der Waals surface area contributed by atoms with Crippen molar-refractivity contribution in [2.45, 2.75) is 31.8 Å². The summed E-state index contributed by atoms with van der Waals surface area (Å²) >= 11 is 1.74. The molecule has 0 bridgehead atoms. The smallest absolute Gasteiger partial charge is 0.123 e. The van der Waals surface area contributed by atoms with Crippen LogP contribution in [0.4, 0.5) is 4.39 Å². The van der Waals surface area contributed by atoms with E-state index in [1.807, 2.05) is 18.2 Å². The van der Waals surface area contributed by atoms with Crippen molar-refractivity contribution >= 4 is 11.3 Å². The lowest BCUT2D eigenvalue weighted by Gasteiger charge is -2.24. The predicted molar refractivity (Wildman–Crippen MR) is 100 cm³/mol. The minimum atomic E-state index is -0.168. The second kappa shape index (κ2) is 7.46. The van der Waals surface area contributed by atoms with Crippen molar-refractivity contribution in [3.8, 4) is 0 Å². The highest BCUT2D eigenvalue weighted by Gasteiger charge is 2.26. The van der Waals surface area contributed by atoms with E-state index in [-0.39, 0.29) is 5.82 Å². The summed E-state index contributed by atoms with van der Waals surface area (Å²) in [6.45, 7) is 1.95. The summed E-state index contributed by atoms with van der Waals surface area (Å²) in [6, 6.07) is 17.8. The van der Waals surface area contributed by atoms with Crippen molar-refractivity contribution in [1.82, 2.24) is 9.88 Å². The highest BCUT2D eigenvalue weighted by molar-refractivity contribution is 7.09. The van der Waals surface area contributed by atoms with Crippen LogP contribution in [0.25, 0.3) is 0 Å². The molecule has 0 radical (unpaired) electrons. The Labute approximate surface area is 152 Å². The van der Waals surface area contributed by atoms with E-state index in [2.05, 4.69) is 34.5 Å². The van der Waals surface area contributed by atoms with Crippen molar-refractivity contribution in [2.24, 2.45) is 0 Å². The fraction of sp³-hybridized carbons (Fsp3) is 0.286. The Hall–Kier alpha value is -2.04. The summed E-state index contributed by atoms with van der Waals surface area (Å²) < 4.78 is 13.2. The average Bonchev–Trinajstić information content (AvgIpc) is 3.27. The molecular formula is C21H21FN2S. The van der Waals surface area contributed by atoms with Crippen molar-refractivity contribution < 1.29 is 4.39 Å². The molecule has 0 saturated carbocycles. The molecule has 2 heterocycles. The molecule has 0 aliphatic carbocycles. The number of nitrogens with zero attached hydrogens (tertiary/aromatic N) is 2. The molecule has 1 saturated heterocycles. The van der Waals surface area contributed by atoms with Crippen LogP contribution in [0.1, 0.15) is 40.7 Å². The third-order valence-electron chi connectivity index (χ3n) is 4.78. The van der Waals surface area contributed by atoms with Crippen LogP contribution >= 0.6 is 11.3 Å². The summed E-state index contributed by atoms with van der Waals surface area (Å²) in [5.74, 6) is -0.168. The molecular weight excluding hydrogens is 331 g/mol. The van der Waals surface area contributed by atoms with Gasteiger partial charge in [-0.1, -0.05) is 42.5 Å². The van der Waals surface area contributed by atoms with Crippen molar-refractivity contribution in [3.05, 3.63) is 87.6 Å². The van der Waals surface area contributed by atoms with Crippen LogP contribution in [-0.2, 0) is 13.0 Å². The minimum absolute atomic E-state index is 0.168. The van der Waals surface area contributed by atoms with Gasteiger partial charge in [0.05, 0.1) is 10.7 Å². The van der Waals surface area contributed by atoms with Gasteiger partial charge in [0.2, 0.25) is 0 Å². The largest absolute Gasteiger partial charge is 0.290 e. The molecule has 2 aromatic carbocycles. The van der Waals surface area contributed by atoms with Crippen LogP contribution in [-0.4, -0.2) is 16.4 Å². The molecule has 128 valence electrons. The Morgan fingerprint density at radius 1 is 1.08 bits per heavy atom. The standard InChI is InChI=1S/C21H21FN2S/c22-18-10-8-17(9-11-18)20-7-4-12-24(20)14-19-15-25-21(23-19)13-16-5-2-1-3-6-16/h1-3,5-6,8-11,15,20H,4,7,12-14H2. The van der Waals surface area contributed by atoms with Gasteiger partial charge in [0.25, 0.3) is 0 Å². The predicted octanol–water partition coefficient (Wildman–Crippen LogP) is 5.21. The maximum absolute atomic E-state index is 13.2. The zero-order chi connectivity index (χ0) is 17.1. The number of halogens is 1. The molecule has 1 fully saturated rings. The summed E-state index contributed by atoms with van der Waals surface area (Å²) in [4.78, 5) is 7.29. The van der Waals surface area contributed by atoms with Gasteiger partial charge in [0.15, 0.2) is 0 Å². The molecule has 1 aliphatic heterocycles. The van der Waals surface area contributed by atoms with Gasteiger partial charge in [-0.3, -0.25) is 4.90 Å². The van der Waals surface area contributed by atoms with Gasteiger partial charge in [-0.2, -0.15) is 0 Å². The zero-order valence-corrected chi connectivity index (χ0v) is 14.9. The molecule has 4 heteroatoms. The number of rotatable bonds is 5. The number of hydrogen-bond acceptors (Lipinski definition) is 3. The second-order valence-electron chi connectivity index (χ2n) is 6.58. The van der Waals surface area contributed by atoms with E-state index in [1.165, 1.54) is 22.6 Å². The van der Waals surface area contributed by atoms with Gasteiger partial charge in [0.1, 0.15) is 5.82 Å². The van der Waals surface area contributed by atoms with E-state index in [1.54, 1.807) is 23.5 Å². The average molecular weight is 352 g/mol. The van der Waals surface area contributed by atoms with Crippen LogP contribution in [0.5, 0.6) is 0 Å². The summed E-state index contributed by atoms with van der Waals surface area (Å²) in [7, 11) is 0. The third-order valence-corrected chi connectivity index (χ3v) is 5.68. The number of benzene rings is 2. The molecule has 1 atom stereocenters. The Morgan fingerprint density at radius 2 is 1.88 bits per heavy atom. The number of likely N-dealkylation sites (tertiary alicyclic amines) is 1. The van der Waals surface area contributed by atoms with Crippen molar-refractivity contribution in [2.75, 3.05) is 6.54 Å². The van der Waals surface area contributed by atoms with Crippen molar-refractivity contribution in [1.29, 1.82) is 0 Å². The topological polar surface area (TPSA) is 16.1 Å². The molecule has 2 nitrogen and oxygen atoms in total. The van der Waals surface area contributed by atoms with Gasteiger partial charge >= 0.3 is 0 Å². The Balaban J connectivity index is 1.44. The molecule has 1 aliphatic rings. The lowest BCUT2D eigenvalue weighted by Crippen LogP contribution is -2.23. The van der Waals surface area contributed by atoms with E-state index >= 15 is 0 Å². The lowest BCUT2D eigenvalue weighted by molar-refractivity contribution is 0.246. The molecule has 0 N–H and O–H groups in total. The maximum atomic E-state index is 13.2. The van der Waals surface area contributed by atoms with Crippen LogP contribution in [0, 0.1) is 5.82 Å². The Morgan fingerprint density at radius 3 is 2.68 bits per heavy atom. The summed E-state index contributed by atoms with van der Waals surface area (Å²) in [5.41, 5.74) is 3.65. The number of aromatic nitrogens is 1. The number of hydrogen-bond donors (Lipinski definition) is 0. The third kappa shape index (κ3) is 3.97. The van der Waals surface area contributed by atoms with Gasteiger partial charge < -0.3 is 0 Å². The first-order chi connectivity index (χ1) is 12.3. The van der Waals surface area contributed by atoms with Crippen LogP contribution < -0.4 is 0 Å². The molecule has 1 unspecified atom stereocenters. The monoisotopic (exact) mass is 352 g/mol. The van der Waals surface area contributed by atoms with E-state index in [4.69, 9.17) is 4.98 Å². The Bertz CT molecular complexity index is 813. The second-order valence-corrected chi connectivity index (χ2v) is 7.52. The van der Waals surface area contributed by atoms with E-state index in [0.29, 0.717) is 6.04 Å². The first kappa shape index (κ1) is 16.4. The van der Waals surface area contributed by atoms with Crippen LogP contribution in [0.2, 0.25) is 0 Å². The Kier molecular flexibility index (Phi) is 4.90. The molecule has 0 spiro atoms. The highest BCUT2D eigenvalue weighted by Crippen LogP contribution is 2.33. The van der Waals surface area contributed by atoms with Gasteiger partial charge in [-0.25, -0.2) is 9.37 Å². The molecule has 4 rings (SSSR count). The molecule has 25 heavy (non-hydrogen) atoms. The van der Waals surface area contributed by atoms with E-state index in [9.17, 15) is 4.39 Å². The minimum Gasteiger partial charge on any atom is -0.290 e. The van der Waals surface area contributed by atoms with E-state index in [0.717, 1.165) is 31.6 Å². The maximum Gasteiger partial charge on any atom is 0.123 e. The SMILES string of the molecule is Fc1ccc(C2CCCN2Cc2csc(Cc3ccccc3)n2)cc1. The fourth-order valence-corrected chi connectivity index (χ4v) is 4.38. The quantitative estimate of drug-likeness (QED) is 0.626. The van der Waals surface area contributed by atoms with Crippen molar-refractivity contribution in [3.63, 3.8) is 0 Å². The highest BCUT2D eigenvalue weighted by atomic mass is 32.1. The van der Waals surface area contributed by atoms with Crippen LogP contribution in [0.3, 0.4) is 0 Å². The summed E-state index contributed by atoms with van der Waals surface area (Å²) in [5, 5.41) is 3.34. The summed E-state index contributed by atoms with van der Waals surface area (Å²) in [6.07, 6.45) is 3.21. The first-order valence-electron chi connectivity index (χ1n) is 8.74. The molecule has 3 aromatic rings. The normalized spacial score (nSPS) is 17.9. The molecule has 1 aromatic heterocycles. The fourth-order valence-electron chi connectivity index (χ4n) is 3.56. The van der Waals surface area contributed by atoms with Crippen LogP contribution in [0.15, 0.2) is 60.0 Å². The lowest BCUT2D eigenvalue weighted by atomic mass is 10.0. The molecule has 0 amide bonds.